The van der Waals surface area contributed by atoms with Crippen molar-refractivity contribution >= 4 is 84.4 Å². The summed E-state index contributed by atoms with van der Waals surface area (Å²) in [4.78, 5) is 120. The number of nitrogens with one attached hydrogen (secondary N) is 5. The lowest BCUT2D eigenvalue weighted by Crippen LogP contribution is -2.57. The molecule has 6 heterocycles. The number of alkyl halides is 1. The number of nitrogens with zero attached hydrogens (tertiary/aromatic N) is 8. The van der Waals surface area contributed by atoms with Crippen molar-refractivity contribution in [2.24, 2.45) is 0 Å². The van der Waals surface area contributed by atoms with Crippen LogP contribution in [0, 0.1) is 0 Å². The molecule has 4 aromatic carbocycles. The fraction of sp³-hybridized carbons (Fsp3) is 0.412. The van der Waals surface area contributed by atoms with Crippen LogP contribution in [0.5, 0.6) is 17.2 Å². The molecular weight excluding hydrogens is 1780 g/mol. The van der Waals surface area contributed by atoms with E-state index in [-0.39, 0.29) is 76.1 Å². The Morgan fingerprint density at radius 2 is 1.06 bits per heavy atom. The van der Waals surface area contributed by atoms with E-state index in [1.165, 1.54) is 0 Å². The summed E-state index contributed by atoms with van der Waals surface area (Å²) in [6.07, 6.45) is 16.2. The van der Waals surface area contributed by atoms with Crippen molar-refractivity contribution in [1.29, 1.82) is 0 Å². The van der Waals surface area contributed by atoms with Crippen molar-refractivity contribution in [3.8, 4) is 17.2 Å². The molecule has 724 valence electrons. The molecule has 0 radical (unpaired) electrons. The second-order valence-corrected chi connectivity index (χ2v) is 38.6. The summed E-state index contributed by atoms with van der Waals surface area (Å²) in [6.45, 7) is 13.8. The van der Waals surface area contributed by atoms with E-state index in [0.717, 1.165) is 109 Å². The van der Waals surface area contributed by atoms with Crippen LogP contribution in [0.15, 0.2) is 218 Å². The molecule has 11 rings (SSSR count). The average Bonchev–Trinajstić information content (AvgIpc) is 1.59. The number of ether oxygens (including phenoxy) is 3. The molecule has 0 saturated heterocycles. The second kappa shape index (κ2) is 49.7. The first kappa shape index (κ1) is 104. The standard InChI is InChI=1S/C102H124FN13O18S2/c1-70(103)97(122)108-50-17-12-31-86(99(124)112-88(63-95(120)121)100(125)111-87(62-94(118)119)98(123)109-51-18-21-54-134-83-58-72(64-113(66-77-27-8-13-46-104-77)67-78-28-9-14-47-105-78)57-73(59-83)65-114(68-79-29-10-15-48-106-79)69-80-30-11-16-49-107-80)110-93(117)45-34-71-32-35-76(36-33-71)96-74(37-43-91-101(2,3)84-60-81(132-6)39-41-89(84)115(91)52-19-22-55-135(126,127)128)25-24-26-75(96)38-44-92-102(4,5)85-61-82(133-7)40-42-90(85)116(92)53-20-23-56-136(129,130)131/h8-11,13-16,27-30,32-33,35-44,46-49,57-61,70,86-88H,12,17-26,31,34,45,50-56,62-69H2,1-7H3,(H8-,108,109,110,111,112,117,118,119,120,121,122,123,124,125,126,127,128,129,130,131)/p+1/t70?,86-,87-,88-/m0/s1/i103-1. The zero-order chi connectivity index (χ0) is 97.5. The van der Waals surface area contributed by atoms with Gasteiger partial charge in [-0.3, -0.25) is 72.4 Å². The number of unbranched alkanes of at least 4 members (excludes halogenated alkanes) is 4. The second-order valence-electron chi connectivity index (χ2n) is 35.5. The Balaban J connectivity index is 0.789. The number of fused-ring (bicyclic) bond motifs is 2. The highest BCUT2D eigenvalue weighted by molar-refractivity contribution is 7.86. The maximum Gasteiger partial charge on any atom is 0.305 e. The van der Waals surface area contributed by atoms with E-state index in [2.05, 4.69) is 124 Å². The monoisotopic (exact) mass is 1900 g/mol. The largest absolute Gasteiger partial charge is 0.497 e. The Bertz CT molecular complexity index is 5680. The summed E-state index contributed by atoms with van der Waals surface area (Å²) >= 11 is 0. The van der Waals surface area contributed by atoms with E-state index in [1.54, 1.807) is 39.0 Å². The van der Waals surface area contributed by atoms with Gasteiger partial charge in [-0.05, 0) is 239 Å². The summed E-state index contributed by atoms with van der Waals surface area (Å²) in [5.74, 6) is -6.44. The molecule has 34 heteroatoms. The van der Waals surface area contributed by atoms with Crippen LogP contribution < -0.4 is 45.7 Å². The molecule has 2 aliphatic heterocycles. The summed E-state index contributed by atoms with van der Waals surface area (Å²) < 4.78 is 101. The number of hydrogen-bond acceptors (Lipinski definition) is 21. The molecular formula is C102H125FN13O18S2+. The van der Waals surface area contributed by atoms with E-state index >= 15 is 0 Å². The van der Waals surface area contributed by atoms with Crippen molar-refractivity contribution in [2.75, 3.05) is 63.4 Å². The molecule has 0 fully saturated rings. The van der Waals surface area contributed by atoms with Crippen LogP contribution in [0.3, 0.4) is 0 Å². The van der Waals surface area contributed by atoms with Crippen molar-refractivity contribution in [3.63, 3.8) is 0 Å². The topological polar surface area (TPSA) is 421 Å². The first-order chi connectivity index (χ1) is 65.1. The van der Waals surface area contributed by atoms with Crippen LogP contribution in [0.2, 0.25) is 0 Å². The summed E-state index contributed by atoms with van der Waals surface area (Å²) in [5.41, 5.74) is 14.6. The Morgan fingerprint density at radius 1 is 0.537 bits per heavy atom. The summed E-state index contributed by atoms with van der Waals surface area (Å²) in [5, 5.41) is 33.0. The lowest BCUT2D eigenvalue weighted by atomic mass is 9.79. The molecule has 1 unspecified atom stereocenters. The van der Waals surface area contributed by atoms with Gasteiger partial charge in [-0.25, -0.2) is 4.39 Å². The number of carboxylic acids is 2. The molecule has 9 N–H and O–H groups in total. The number of methoxy groups -OCH3 is 2. The molecule has 1 aliphatic carbocycles. The number of anilines is 1. The van der Waals surface area contributed by atoms with Gasteiger partial charge in [-0.1, -0.05) is 80.6 Å². The fourth-order valence-electron chi connectivity index (χ4n) is 17.4. The molecule has 8 aromatic rings. The third kappa shape index (κ3) is 31.2. The van der Waals surface area contributed by atoms with Crippen LogP contribution in [0.4, 0.5) is 15.8 Å². The number of aliphatic carboxylic acids is 2. The highest BCUT2D eigenvalue weighted by Gasteiger charge is 2.45. The van der Waals surface area contributed by atoms with Crippen molar-refractivity contribution in [1.82, 2.24) is 56.3 Å². The van der Waals surface area contributed by atoms with Gasteiger partial charge in [0.15, 0.2) is 11.9 Å². The number of aryl methyl sites for hydroxylation is 1. The molecule has 31 nitrogen and oxygen atoms in total. The highest BCUT2D eigenvalue weighted by Crippen LogP contribution is 2.50. The summed E-state index contributed by atoms with van der Waals surface area (Å²) in [7, 11) is -5.20. The lowest BCUT2D eigenvalue weighted by molar-refractivity contribution is -0.438. The molecule has 0 spiro atoms. The normalized spacial score (nSPS) is 15.5. The Hall–Kier alpha value is -12.7. The predicted molar refractivity (Wildman–Crippen MR) is 516 cm³/mol. The minimum absolute atomic E-state index is 0.00315. The van der Waals surface area contributed by atoms with Gasteiger partial charge in [0.05, 0.1) is 73.4 Å². The van der Waals surface area contributed by atoms with Crippen LogP contribution in [0.25, 0.3) is 5.57 Å². The number of aromatic nitrogens is 4. The van der Waals surface area contributed by atoms with Gasteiger partial charge in [0.1, 0.15) is 41.9 Å². The molecule has 3 aliphatic rings. The highest BCUT2D eigenvalue weighted by atomic mass is 32.2. The van der Waals surface area contributed by atoms with E-state index in [1.807, 2.05) is 146 Å². The Kier molecular flexibility index (Phi) is 37.9. The van der Waals surface area contributed by atoms with Crippen molar-refractivity contribution < 1.29 is 92.9 Å². The number of benzene rings is 4. The van der Waals surface area contributed by atoms with Gasteiger partial charge >= 0.3 is 11.9 Å². The molecule has 0 bridgehead atoms. The Labute approximate surface area is 795 Å². The maximum atomic E-state index is 14.6. The number of allylic oxidation sites excluding steroid dienone is 8. The molecule has 5 amide bonds. The van der Waals surface area contributed by atoms with Crippen LogP contribution in [-0.4, -0.2) is 200 Å². The van der Waals surface area contributed by atoms with Gasteiger partial charge < -0.3 is 55.9 Å². The number of halogens is 1. The van der Waals surface area contributed by atoms with E-state index in [9.17, 15) is 74.1 Å². The zero-order valence-corrected chi connectivity index (χ0v) is 79.8. The SMILES string of the molecule is COc1ccc2c(c1)C(C)(C)C(/C=C/C1=C(c3ccc(CCC(=O)N[C@@H](CCCCNC(=O)C(C)[18F])C(=O)N[C@@H](CC(=O)O)C(=O)N[C@@H](CC(=O)O)C(=O)NCCCCOc4cc(CN(Cc5ccccn5)Cc5ccccn5)cc(CN(Cc5ccccn5)Cc5ccccn5)c4)cc3)C(=C/C=C3/N(CCCCS(=O)(=O)O)c4ccc(OC)cc4C3(C)C)/CCC1)=[N+]2CCCCS(=O)(=O)O. The van der Waals surface area contributed by atoms with Gasteiger partial charge in [0.2, 0.25) is 29.3 Å². The molecule has 4 aromatic heterocycles. The van der Waals surface area contributed by atoms with Crippen LogP contribution in [-0.2, 0) is 110 Å². The quantitative estimate of drug-likeness (QED) is 0.00971. The van der Waals surface area contributed by atoms with E-state index < -0.39 is 110 Å². The maximum absolute atomic E-state index is 14.6. The average molecular weight is 1900 g/mol. The fourth-order valence-corrected chi connectivity index (χ4v) is 18.5. The molecule has 136 heavy (non-hydrogen) atoms. The smallest absolute Gasteiger partial charge is 0.305 e. The third-order valence-electron chi connectivity index (χ3n) is 24.2. The van der Waals surface area contributed by atoms with Gasteiger partial charge in [0.25, 0.3) is 26.1 Å². The van der Waals surface area contributed by atoms with Gasteiger partial charge in [-0.2, -0.15) is 21.4 Å². The van der Waals surface area contributed by atoms with Crippen molar-refractivity contribution in [3.05, 3.63) is 274 Å². The number of carboxylic acid groups (broad SMARTS) is 2. The number of pyridine rings is 4. The number of carbonyl (C=O) groups is 7. The van der Waals surface area contributed by atoms with E-state index in [4.69, 9.17) is 14.2 Å². The first-order valence-corrected chi connectivity index (χ1v) is 49.3. The number of hydrogen-bond donors (Lipinski definition) is 9. The predicted octanol–water partition coefficient (Wildman–Crippen LogP) is 13.2. The van der Waals surface area contributed by atoms with Crippen molar-refractivity contribution in [2.45, 2.75) is 212 Å². The summed E-state index contributed by atoms with van der Waals surface area (Å²) in [6, 6.07) is 43.8. The molecule has 0 saturated carbocycles. The number of carbonyl (C=O) groups excluding carboxylic acids is 5. The minimum Gasteiger partial charge on any atom is -0.497 e. The van der Waals surface area contributed by atoms with Gasteiger partial charge in [0, 0.05) is 131 Å². The minimum atomic E-state index is -4.20. The van der Waals surface area contributed by atoms with Crippen LogP contribution in [0.1, 0.15) is 187 Å². The third-order valence-corrected chi connectivity index (χ3v) is 25.9. The lowest BCUT2D eigenvalue weighted by Gasteiger charge is -2.28. The van der Waals surface area contributed by atoms with Gasteiger partial charge in [-0.15, -0.1) is 0 Å². The molecule has 4 atom stereocenters. The first-order valence-electron chi connectivity index (χ1n) is 46.1. The van der Waals surface area contributed by atoms with E-state index in [0.29, 0.717) is 108 Å². The zero-order valence-electron chi connectivity index (χ0n) is 78.1. The van der Waals surface area contributed by atoms with Crippen LogP contribution >= 0.6 is 0 Å². The number of rotatable bonds is 53. The Morgan fingerprint density at radius 3 is 1.59 bits per heavy atom. The number of amides is 5.